The highest BCUT2D eigenvalue weighted by Gasteiger charge is 2.12. The molecule has 1 aromatic carbocycles. The second-order valence-corrected chi connectivity index (χ2v) is 4.56. The number of carboxylic acids is 1. The maximum absolute atomic E-state index is 11.9. The van der Waals surface area contributed by atoms with Crippen LogP contribution in [0, 0.1) is 6.92 Å². The molecule has 0 bridgehead atoms. The predicted molar refractivity (Wildman–Crippen MR) is 75.7 cm³/mol. The Labute approximate surface area is 121 Å². The van der Waals surface area contributed by atoms with E-state index in [2.05, 4.69) is 15.3 Å². The summed E-state index contributed by atoms with van der Waals surface area (Å²) in [6.45, 7) is 2.10. The Morgan fingerprint density at radius 3 is 2.62 bits per heavy atom. The molecule has 108 valence electrons. The number of carboxylic acid groups (broad SMARTS) is 1. The minimum Gasteiger partial charge on any atom is -0.478 e. The molecule has 0 saturated heterocycles. The molecule has 6 heteroatoms. The highest BCUT2D eigenvalue weighted by molar-refractivity contribution is 5.91. The van der Waals surface area contributed by atoms with Gasteiger partial charge in [-0.1, -0.05) is 18.2 Å². The van der Waals surface area contributed by atoms with Gasteiger partial charge in [0.25, 0.3) is 0 Å². The van der Waals surface area contributed by atoms with E-state index >= 15 is 0 Å². The average molecular weight is 285 g/mol. The molecule has 0 saturated carbocycles. The first kappa shape index (κ1) is 14.6. The van der Waals surface area contributed by atoms with Gasteiger partial charge in [-0.15, -0.1) is 0 Å². The predicted octanol–water partition coefficient (Wildman–Crippen LogP) is 1.34. The van der Waals surface area contributed by atoms with E-state index in [-0.39, 0.29) is 24.4 Å². The van der Waals surface area contributed by atoms with Gasteiger partial charge in [0.15, 0.2) is 0 Å². The summed E-state index contributed by atoms with van der Waals surface area (Å²) in [4.78, 5) is 31.2. The van der Waals surface area contributed by atoms with Crippen molar-refractivity contribution in [3.8, 4) is 0 Å². The van der Waals surface area contributed by atoms with Gasteiger partial charge in [-0.25, -0.2) is 4.79 Å². The summed E-state index contributed by atoms with van der Waals surface area (Å²) in [6.07, 6.45) is 3.24. The molecule has 6 nitrogen and oxygen atoms in total. The number of nitrogens with one attached hydrogen (secondary N) is 1. The molecule has 1 heterocycles. The molecule has 0 atom stereocenters. The fourth-order valence-corrected chi connectivity index (χ4v) is 1.82. The summed E-state index contributed by atoms with van der Waals surface area (Å²) in [6, 6.07) is 6.46. The number of aryl methyl sites for hydroxylation is 1. The third kappa shape index (κ3) is 4.10. The number of rotatable bonds is 5. The van der Waals surface area contributed by atoms with Gasteiger partial charge < -0.3 is 10.4 Å². The van der Waals surface area contributed by atoms with Gasteiger partial charge in [-0.3, -0.25) is 14.8 Å². The summed E-state index contributed by atoms with van der Waals surface area (Å²) in [5, 5.41) is 11.8. The largest absolute Gasteiger partial charge is 0.478 e. The average Bonchev–Trinajstić information content (AvgIpc) is 2.47. The zero-order valence-electron chi connectivity index (χ0n) is 11.5. The molecule has 21 heavy (non-hydrogen) atoms. The summed E-state index contributed by atoms with van der Waals surface area (Å²) >= 11 is 0. The molecule has 0 unspecified atom stereocenters. The first-order chi connectivity index (χ1) is 10.1. The van der Waals surface area contributed by atoms with Crippen LogP contribution in [0.1, 0.15) is 27.3 Å². The Bertz CT molecular complexity index is 653. The van der Waals surface area contributed by atoms with Crippen LogP contribution in [0.3, 0.4) is 0 Å². The maximum Gasteiger partial charge on any atom is 0.335 e. The highest BCUT2D eigenvalue weighted by atomic mass is 16.4. The number of hydrogen-bond donors (Lipinski definition) is 2. The summed E-state index contributed by atoms with van der Waals surface area (Å²) in [5.41, 5.74) is 2.08. The van der Waals surface area contributed by atoms with E-state index in [1.54, 1.807) is 30.6 Å². The SMILES string of the molecule is Cc1cnc(CNC(=O)Cc2ccccc2C(=O)O)cn1. The molecule has 0 spiro atoms. The molecule has 0 aliphatic heterocycles. The van der Waals surface area contributed by atoms with E-state index in [0.29, 0.717) is 11.3 Å². The van der Waals surface area contributed by atoms with Crippen LogP contribution in [0.25, 0.3) is 0 Å². The maximum atomic E-state index is 11.9. The van der Waals surface area contributed by atoms with E-state index in [4.69, 9.17) is 5.11 Å². The summed E-state index contributed by atoms with van der Waals surface area (Å²) in [7, 11) is 0. The van der Waals surface area contributed by atoms with Gasteiger partial charge in [0.1, 0.15) is 0 Å². The number of nitrogens with zero attached hydrogens (tertiary/aromatic N) is 2. The lowest BCUT2D eigenvalue weighted by atomic mass is 10.0. The van der Waals surface area contributed by atoms with E-state index in [1.165, 1.54) is 6.07 Å². The molecule has 2 N–H and O–H groups in total. The van der Waals surface area contributed by atoms with Crippen molar-refractivity contribution in [3.63, 3.8) is 0 Å². The first-order valence-corrected chi connectivity index (χ1v) is 6.41. The van der Waals surface area contributed by atoms with Crippen molar-refractivity contribution in [1.29, 1.82) is 0 Å². The van der Waals surface area contributed by atoms with E-state index in [1.807, 2.05) is 6.92 Å². The van der Waals surface area contributed by atoms with Crippen LogP contribution in [0.5, 0.6) is 0 Å². The van der Waals surface area contributed by atoms with Crippen LogP contribution < -0.4 is 5.32 Å². The topological polar surface area (TPSA) is 92.2 Å². The van der Waals surface area contributed by atoms with E-state index in [0.717, 1.165) is 5.69 Å². The van der Waals surface area contributed by atoms with Crippen LogP contribution in [0.2, 0.25) is 0 Å². The second kappa shape index (κ2) is 6.60. The lowest BCUT2D eigenvalue weighted by Gasteiger charge is -2.07. The molecule has 0 aliphatic rings. The Balaban J connectivity index is 1.96. The number of carbonyl (C=O) groups is 2. The van der Waals surface area contributed by atoms with Crippen molar-refractivity contribution in [2.45, 2.75) is 19.9 Å². The third-order valence-corrected chi connectivity index (χ3v) is 2.90. The fraction of sp³-hybridized carbons (Fsp3) is 0.200. The van der Waals surface area contributed by atoms with E-state index in [9.17, 15) is 9.59 Å². The van der Waals surface area contributed by atoms with Gasteiger partial charge in [-0.05, 0) is 18.6 Å². The minimum absolute atomic E-state index is 0.0156. The third-order valence-electron chi connectivity index (χ3n) is 2.90. The standard InChI is InChI=1S/C15H15N3O3/c1-10-7-17-12(8-16-10)9-18-14(19)6-11-4-2-3-5-13(11)15(20)21/h2-5,7-8H,6,9H2,1H3,(H,18,19)(H,20,21). The number of benzene rings is 1. The van der Waals surface area contributed by atoms with E-state index < -0.39 is 5.97 Å². The van der Waals surface area contributed by atoms with Crippen molar-refractivity contribution in [2.75, 3.05) is 0 Å². The van der Waals surface area contributed by atoms with Crippen LogP contribution >= 0.6 is 0 Å². The number of hydrogen-bond acceptors (Lipinski definition) is 4. The Morgan fingerprint density at radius 2 is 1.95 bits per heavy atom. The van der Waals surface area contributed by atoms with Crippen LogP contribution in [-0.4, -0.2) is 27.0 Å². The van der Waals surface area contributed by atoms with Gasteiger partial charge >= 0.3 is 5.97 Å². The fourth-order valence-electron chi connectivity index (χ4n) is 1.82. The van der Waals surface area contributed by atoms with Crippen molar-refractivity contribution < 1.29 is 14.7 Å². The summed E-state index contributed by atoms with van der Waals surface area (Å²) < 4.78 is 0. The second-order valence-electron chi connectivity index (χ2n) is 4.56. The molecule has 0 fully saturated rings. The van der Waals surface area contributed by atoms with Crippen molar-refractivity contribution in [1.82, 2.24) is 15.3 Å². The highest BCUT2D eigenvalue weighted by Crippen LogP contribution is 2.09. The monoisotopic (exact) mass is 285 g/mol. The van der Waals surface area contributed by atoms with Crippen LogP contribution in [0.15, 0.2) is 36.7 Å². The molecular formula is C15H15N3O3. The number of carbonyl (C=O) groups excluding carboxylic acids is 1. The smallest absolute Gasteiger partial charge is 0.335 e. The Kier molecular flexibility index (Phi) is 4.61. The van der Waals surface area contributed by atoms with Gasteiger partial charge in [0.2, 0.25) is 5.91 Å². The van der Waals surface area contributed by atoms with Crippen LogP contribution in [-0.2, 0) is 17.8 Å². The normalized spacial score (nSPS) is 10.1. The number of aromatic carboxylic acids is 1. The molecule has 0 aliphatic carbocycles. The van der Waals surface area contributed by atoms with Gasteiger partial charge in [0.05, 0.1) is 36.1 Å². The number of amides is 1. The molecule has 1 aromatic heterocycles. The molecule has 2 aromatic rings. The molecule has 0 radical (unpaired) electrons. The zero-order chi connectivity index (χ0) is 15.2. The molecular weight excluding hydrogens is 270 g/mol. The lowest BCUT2D eigenvalue weighted by Crippen LogP contribution is -2.25. The van der Waals surface area contributed by atoms with Gasteiger partial charge in [0, 0.05) is 6.20 Å². The Hall–Kier alpha value is -2.76. The molecule has 2 rings (SSSR count). The Morgan fingerprint density at radius 1 is 1.19 bits per heavy atom. The lowest BCUT2D eigenvalue weighted by molar-refractivity contribution is -0.120. The number of aromatic nitrogens is 2. The van der Waals surface area contributed by atoms with Crippen molar-refractivity contribution >= 4 is 11.9 Å². The van der Waals surface area contributed by atoms with Crippen molar-refractivity contribution in [2.24, 2.45) is 0 Å². The van der Waals surface area contributed by atoms with Crippen molar-refractivity contribution in [3.05, 3.63) is 59.2 Å². The van der Waals surface area contributed by atoms with Gasteiger partial charge in [-0.2, -0.15) is 0 Å². The van der Waals surface area contributed by atoms with Crippen LogP contribution in [0.4, 0.5) is 0 Å². The first-order valence-electron chi connectivity index (χ1n) is 6.41. The minimum atomic E-state index is -1.04. The zero-order valence-corrected chi connectivity index (χ0v) is 11.5. The molecule has 1 amide bonds. The summed E-state index contributed by atoms with van der Waals surface area (Å²) in [5.74, 6) is -1.30. The quantitative estimate of drug-likeness (QED) is 0.865.